The number of hydrogen-bond acceptors (Lipinski definition) is 3. The largest absolute Gasteiger partial charge is 0.383 e. The molecule has 0 saturated heterocycles. The third kappa shape index (κ3) is 5.43. The Morgan fingerprint density at radius 3 is 2.81 bits per heavy atom. The van der Waals surface area contributed by atoms with Crippen LogP contribution in [0.2, 0.25) is 0 Å². The maximum Gasteiger partial charge on any atom is 0.0730 e. The van der Waals surface area contributed by atoms with Gasteiger partial charge in [-0.1, -0.05) is 0 Å². The lowest BCUT2D eigenvalue weighted by Gasteiger charge is -2.02. The summed E-state index contributed by atoms with van der Waals surface area (Å²) in [6.07, 6.45) is 3.69. The van der Waals surface area contributed by atoms with Crippen LogP contribution < -0.4 is 5.32 Å². The summed E-state index contributed by atoms with van der Waals surface area (Å²) in [6, 6.07) is 2.28. The average molecular weight is 306 g/mol. The molecule has 1 N–H and O–H groups in total. The van der Waals surface area contributed by atoms with Crippen molar-refractivity contribution < 1.29 is 4.74 Å². The molecule has 0 unspecified atom stereocenters. The van der Waals surface area contributed by atoms with Crippen LogP contribution in [-0.4, -0.2) is 26.8 Å². The lowest BCUT2D eigenvalue weighted by molar-refractivity contribution is 0.199. The van der Waals surface area contributed by atoms with Crippen molar-refractivity contribution in [3.05, 3.63) is 20.3 Å². The quantitative estimate of drug-likeness (QED) is 0.744. The number of ether oxygens (including phenoxy) is 1. The van der Waals surface area contributed by atoms with Crippen LogP contribution >= 0.6 is 27.3 Å². The van der Waals surface area contributed by atoms with Crippen LogP contribution in [0.25, 0.3) is 0 Å². The van der Waals surface area contributed by atoms with Gasteiger partial charge in [-0.2, -0.15) is 0 Å². The molecule has 1 aromatic rings. The van der Waals surface area contributed by atoms with Gasteiger partial charge in [0.2, 0.25) is 0 Å². The lowest BCUT2D eigenvalue weighted by Crippen LogP contribution is -2.20. The fourth-order valence-corrected chi connectivity index (χ4v) is 3.17. The Hall–Kier alpha value is 0.1000. The highest BCUT2D eigenvalue weighted by Crippen LogP contribution is 2.28. The lowest BCUT2D eigenvalue weighted by atomic mass is 10.2. The monoisotopic (exact) mass is 305 g/mol. The third-order valence-electron chi connectivity index (χ3n) is 2.42. The summed E-state index contributed by atoms with van der Waals surface area (Å²) >= 11 is 5.42. The molecule has 0 aliphatic carbocycles. The van der Waals surface area contributed by atoms with Gasteiger partial charge in [-0.3, -0.25) is 0 Å². The van der Waals surface area contributed by atoms with Crippen LogP contribution in [0, 0.1) is 6.92 Å². The summed E-state index contributed by atoms with van der Waals surface area (Å²) < 4.78 is 6.25. The predicted octanol–water partition coefficient (Wildman–Crippen LogP) is 3.38. The minimum Gasteiger partial charge on any atom is -0.383 e. The molecule has 0 aromatic carbocycles. The summed E-state index contributed by atoms with van der Waals surface area (Å²) in [7, 11) is 1.73. The minimum absolute atomic E-state index is 0.803. The molecule has 0 aliphatic heterocycles. The SMILES string of the molecule is COCCNCCCCc1cc(C)c(Br)s1. The van der Waals surface area contributed by atoms with Crippen molar-refractivity contribution in [3.8, 4) is 0 Å². The van der Waals surface area contributed by atoms with Gasteiger partial charge in [-0.25, -0.2) is 0 Å². The molecular weight excluding hydrogens is 286 g/mol. The van der Waals surface area contributed by atoms with Crippen LogP contribution in [0.15, 0.2) is 9.85 Å². The number of hydrogen-bond donors (Lipinski definition) is 1. The van der Waals surface area contributed by atoms with E-state index in [4.69, 9.17) is 4.74 Å². The molecule has 1 heterocycles. The first-order valence-corrected chi connectivity index (χ1v) is 7.29. The second kappa shape index (κ2) is 8.23. The number of thiophene rings is 1. The molecule has 4 heteroatoms. The zero-order valence-corrected chi connectivity index (χ0v) is 12.4. The van der Waals surface area contributed by atoms with Gasteiger partial charge in [0, 0.05) is 18.5 Å². The standard InChI is InChI=1S/C12H20BrNOS/c1-10-9-11(16-12(10)13)5-3-4-6-14-7-8-15-2/h9,14H,3-8H2,1-2H3. The van der Waals surface area contributed by atoms with Crippen molar-refractivity contribution in [3.63, 3.8) is 0 Å². The maximum atomic E-state index is 4.97. The number of halogens is 1. The molecule has 1 aromatic heterocycles. The normalized spacial score (nSPS) is 10.9. The molecule has 0 aliphatic rings. The van der Waals surface area contributed by atoms with Crippen LogP contribution in [-0.2, 0) is 11.2 Å². The Kier molecular flexibility index (Phi) is 7.28. The Morgan fingerprint density at radius 2 is 2.19 bits per heavy atom. The molecule has 16 heavy (non-hydrogen) atoms. The van der Waals surface area contributed by atoms with Gasteiger partial charge in [0.25, 0.3) is 0 Å². The van der Waals surface area contributed by atoms with Crippen molar-refractivity contribution in [2.24, 2.45) is 0 Å². The van der Waals surface area contributed by atoms with Crippen LogP contribution in [0.1, 0.15) is 23.3 Å². The molecule has 0 amide bonds. The smallest absolute Gasteiger partial charge is 0.0730 e. The number of nitrogens with one attached hydrogen (secondary N) is 1. The molecule has 0 spiro atoms. The fraction of sp³-hybridized carbons (Fsp3) is 0.667. The topological polar surface area (TPSA) is 21.3 Å². The molecule has 92 valence electrons. The molecule has 0 bridgehead atoms. The molecule has 1 rings (SSSR count). The summed E-state index contributed by atoms with van der Waals surface area (Å²) in [6.45, 7) is 5.00. The Morgan fingerprint density at radius 1 is 1.38 bits per heavy atom. The second-order valence-electron chi connectivity index (χ2n) is 3.87. The van der Waals surface area contributed by atoms with E-state index in [0.717, 1.165) is 19.7 Å². The molecule has 0 saturated carbocycles. The number of methoxy groups -OCH3 is 1. The van der Waals surface area contributed by atoms with Gasteiger partial charge < -0.3 is 10.1 Å². The highest BCUT2D eigenvalue weighted by molar-refractivity contribution is 9.11. The van der Waals surface area contributed by atoms with E-state index in [1.54, 1.807) is 7.11 Å². The molecule has 0 fully saturated rings. The first-order valence-electron chi connectivity index (χ1n) is 5.68. The zero-order valence-electron chi connectivity index (χ0n) is 10.0. The number of aryl methyl sites for hydroxylation is 2. The number of rotatable bonds is 8. The first kappa shape index (κ1) is 14.2. The van der Waals surface area contributed by atoms with Crippen molar-refractivity contribution >= 4 is 27.3 Å². The van der Waals surface area contributed by atoms with Crippen LogP contribution in [0.4, 0.5) is 0 Å². The summed E-state index contributed by atoms with van der Waals surface area (Å²) in [5, 5.41) is 3.36. The summed E-state index contributed by atoms with van der Waals surface area (Å²) in [5.74, 6) is 0. The minimum atomic E-state index is 0.803. The van der Waals surface area contributed by atoms with Crippen LogP contribution in [0.5, 0.6) is 0 Å². The van der Waals surface area contributed by atoms with Gasteiger partial charge in [-0.05, 0) is 60.3 Å². The van der Waals surface area contributed by atoms with Gasteiger partial charge in [0.05, 0.1) is 10.4 Å². The van der Waals surface area contributed by atoms with E-state index in [9.17, 15) is 0 Å². The van der Waals surface area contributed by atoms with Gasteiger partial charge in [0.15, 0.2) is 0 Å². The summed E-state index contributed by atoms with van der Waals surface area (Å²) in [5.41, 5.74) is 1.36. The van der Waals surface area contributed by atoms with E-state index in [1.165, 1.54) is 33.5 Å². The van der Waals surface area contributed by atoms with E-state index in [-0.39, 0.29) is 0 Å². The zero-order chi connectivity index (χ0) is 11.8. The second-order valence-corrected chi connectivity index (χ2v) is 6.32. The van der Waals surface area contributed by atoms with Gasteiger partial charge in [-0.15, -0.1) is 11.3 Å². The Bertz CT molecular complexity index is 282. The number of unbranched alkanes of at least 4 members (excludes halogenated alkanes) is 1. The van der Waals surface area contributed by atoms with Crippen molar-refractivity contribution in [2.45, 2.75) is 26.2 Å². The fourth-order valence-electron chi connectivity index (χ4n) is 1.49. The molecule has 0 atom stereocenters. The summed E-state index contributed by atoms with van der Waals surface area (Å²) in [4.78, 5) is 1.49. The van der Waals surface area contributed by atoms with Gasteiger partial charge >= 0.3 is 0 Å². The first-order chi connectivity index (χ1) is 7.74. The average Bonchev–Trinajstić information content (AvgIpc) is 2.57. The van der Waals surface area contributed by atoms with E-state index in [0.29, 0.717) is 0 Å². The van der Waals surface area contributed by atoms with Crippen molar-refractivity contribution in [2.75, 3.05) is 26.8 Å². The maximum absolute atomic E-state index is 4.97. The molecule has 0 radical (unpaired) electrons. The highest BCUT2D eigenvalue weighted by Gasteiger charge is 2.02. The Balaban J connectivity index is 2.03. The van der Waals surface area contributed by atoms with E-state index >= 15 is 0 Å². The molecular formula is C12H20BrNOS. The van der Waals surface area contributed by atoms with Crippen molar-refractivity contribution in [1.82, 2.24) is 5.32 Å². The Labute approximate surface area is 111 Å². The van der Waals surface area contributed by atoms with Crippen molar-refractivity contribution in [1.29, 1.82) is 0 Å². The van der Waals surface area contributed by atoms with Crippen LogP contribution in [0.3, 0.4) is 0 Å². The molecule has 2 nitrogen and oxygen atoms in total. The van der Waals surface area contributed by atoms with Gasteiger partial charge in [0.1, 0.15) is 0 Å². The third-order valence-corrected chi connectivity index (χ3v) is 4.61. The van der Waals surface area contributed by atoms with E-state index in [1.807, 2.05) is 11.3 Å². The van der Waals surface area contributed by atoms with E-state index in [2.05, 4.69) is 34.2 Å². The van der Waals surface area contributed by atoms with E-state index < -0.39 is 0 Å². The highest BCUT2D eigenvalue weighted by atomic mass is 79.9. The predicted molar refractivity (Wildman–Crippen MR) is 74.4 cm³/mol.